The van der Waals surface area contributed by atoms with E-state index in [9.17, 15) is 4.79 Å². The molecule has 7 heteroatoms. The van der Waals surface area contributed by atoms with E-state index in [-0.39, 0.29) is 6.03 Å². The monoisotopic (exact) mass is 327 g/mol. The third kappa shape index (κ3) is 2.47. The molecule has 2 aromatic carbocycles. The summed E-state index contributed by atoms with van der Waals surface area (Å²) in [6.07, 6.45) is 2.50. The largest absolute Gasteiger partial charge is 0.338 e. The van der Waals surface area contributed by atoms with Crippen LogP contribution >= 0.6 is 11.6 Å². The van der Waals surface area contributed by atoms with E-state index in [0.29, 0.717) is 12.2 Å². The van der Waals surface area contributed by atoms with Gasteiger partial charge >= 0.3 is 6.03 Å². The summed E-state index contributed by atoms with van der Waals surface area (Å²) in [6, 6.07) is 11.0. The standard InChI is InChI=1S/C16H14ClN5O/c17-12-3-1-6-15-10(12)7-8-22(15)21-16(23)19-13-4-2-5-14-11(13)9-18-20-14/h1-6,9H,7-8H2,(H,18,20)(H2,19,21,23). The van der Waals surface area contributed by atoms with Crippen LogP contribution in [0.4, 0.5) is 16.2 Å². The maximum Gasteiger partial charge on any atom is 0.338 e. The Hall–Kier alpha value is -2.73. The SMILES string of the molecule is O=C(Nc1cccc2[nH]ncc12)NN1CCc2c(Cl)cccc21. The van der Waals surface area contributed by atoms with Crippen molar-refractivity contribution in [1.82, 2.24) is 15.6 Å². The van der Waals surface area contributed by atoms with Gasteiger partial charge in [-0.2, -0.15) is 5.10 Å². The number of benzene rings is 2. The predicted molar refractivity (Wildman–Crippen MR) is 90.8 cm³/mol. The number of hydrogen-bond acceptors (Lipinski definition) is 3. The number of anilines is 2. The first-order chi connectivity index (χ1) is 11.2. The highest BCUT2D eigenvalue weighted by Gasteiger charge is 2.22. The van der Waals surface area contributed by atoms with Crippen LogP contribution in [0.1, 0.15) is 5.56 Å². The highest BCUT2D eigenvalue weighted by Crippen LogP contribution is 2.32. The number of nitrogens with zero attached hydrogens (tertiary/aromatic N) is 2. The predicted octanol–water partition coefficient (Wildman–Crippen LogP) is 3.32. The number of halogens is 1. The molecule has 2 heterocycles. The molecule has 0 saturated heterocycles. The normalized spacial score (nSPS) is 13.2. The molecule has 3 aromatic rings. The number of hydrogen-bond donors (Lipinski definition) is 3. The zero-order valence-corrected chi connectivity index (χ0v) is 12.9. The number of H-pyrrole nitrogens is 1. The Morgan fingerprint density at radius 2 is 2.13 bits per heavy atom. The van der Waals surface area contributed by atoms with Crippen LogP contribution < -0.4 is 15.8 Å². The number of aromatic amines is 1. The average molecular weight is 328 g/mol. The fraction of sp³-hybridized carbons (Fsp3) is 0.125. The highest BCUT2D eigenvalue weighted by molar-refractivity contribution is 6.31. The van der Waals surface area contributed by atoms with E-state index in [1.165, 1.54) is 0 Å². The van der Waals surface area contributed by atoms with Crippen LogP contribution in [-0.4, -0.2) is 22.8 Å². The lowest BCUT2D eigenvalue weighted by Crippen LogP contribution is -2.43. The zero-order chi connectivity index (χ0) is 15.8. The first kappa shape index (κ1) is 13.9. The van der Waals surface area contributed by atoms with Gasteiger partial charge < -0.3 is 5.32 Å². The van der Waals surface area contributed by atoms with Crippen molar-refractivity contribution in [3.63, 3.8) is 0 Å². The Kier molecular flexibility index (Phi) is 3.31. The molecule has 0 unspecified atom stereocenters. The molecule has 0 spiro atoms. The second-order valence-corrected chi connectivity index (χ2v) is 5.75. The second kappa shape index (κ2) is 5.48. The van der Waals surface area contributed by atoms with E-state index < -0.39 is 0 Å². The van der Waals surface area contributed by atoms with Gasteiger partial charge in [0.25, 0.3) is 0 Å². The van der Waals surface area contributed by atoms with Gasteiger partial charge in [0.1, 0.15) is 0 Å². The summed E-state index contributed by atoms with van der Waals surface area (Å²) >= 11 is 6.19. The summed E-state index contributed by atoms with van der Waals surface area (Å²) in [5, 5.41) is 13.1. The lowest BCUT2D eigenvalue weighted by Gasteiger charge is -2.20. The van der Waals surface area contributed by atoms with Crippen molar-refractivity contribution in [2.75, 3.05) is 16.9 Å². The van der Waals surface area contributed by atoms with Crippen molar-refractivity contribution >= 4 is 39.9 Å². The summed E-state index contributed by atoms with van der Waals surface area (Å²) in [4.78, 5) is 12.3. The van der Waals surface area contributed by atoms with Crippen LogP contribution in [0.25, 0.3) is 10.9 Å². The molecule has 4 rings (SSSR count). The van der Waals surface area contributed by atoms with Crippen LogP contribution in [0.2, 0.25) is 5.02 Å². The molecule has 23 heavy (non-hydrogen) atoms. The number of urea groups is 1. The molecular weight excluding hydrogens is 314 g/mol. The van der Waals surface area contributed by atoms with E-state index >= 15 is 0 Å². The third-order valence-corrected chi connectivity index (χ3v) is 4.29. The van der Waals surface area contributed by atoms with Crippen molar-refractivity contribution in [2.45, 2.75) is 6.42 Å². The van der Waals surface area contributed by atoms with E-state index in [1.54, 1.807) is 6.20 Å². The molecule has 0 radical (unpaired) electrons. The maximum atomic E-state index is 12.3. The average Bonchev–Trinajstić information content (AvgIpc) is 3.16. The van der Waals surface area contributed by atoms with E-state index in [1.807, 2.05) is 41.4 Å². The molecule has 3 N–H and O–H groups in total. The van der Waals surface area contributed by atoms with Gasteiger partial charge in [0.05, 0.1) is 23.1 Å². The van der Waals surface area contributed by atoms with Crippen molar-refractivity contribution < 1.29 is 4.79 Å². The van der Waals surface area contributed by atoms with Gasteiger partial charge in [0, 0.05) is 17.0 Å². The third-order valence-electron chi connectivity index (χ3n) is 3.94. The second-order valence-electron chi connectivity index (χ2n) is 5.34. The lowest BCUT2D eigenvalue weighted by molar-refractivity contribution is 0.251. The zero-order valence-electron chi connectivity index (χ0n) is 12.1. The summed E-state index contributed by atoms with van der Waals surface area (Å²) in [6.45, 7) is 0.697. The van der Waals surface area contributed by atoms with Gasteiger partial charge in [0.15, 0.2) is 0 Å². The molecule has 0 saturated carbocycles. The maximum absolute atomic E-state index is 12.3. The lowest BCUT2D eigenvalue weighted by atomic mass is 10.2. The molecular formula is C16H14ClN5O. The molecule has 0 atom stereocenters. The van der Waals surface area contributed by atoms with Crippen LogP contribution in [0.3, 0.4) is 0 Å². The number of aromatic nitrogens is 2. The van der Waals surface area contributed by atoms with Crippen molar-refractivity contribution in [3.8, 4) is 0 Å². The number of carbonyl (C=O) groups is 1. The fourth-order valence-electron chi connectivity index (χ4n) is 2.86. The molecule has 1 aliphatic heterocycles. The number of fused-ring (bicyclic) bond motifs is 2. The van der Waals surface area contributed by atoms with Crippen LogP contribution in [-0.2, 0) is 6.42 Å². The van der Waals surface area contributed by atoms with E-state index in [0.717, 1.165) is 33.6 Å². The Bertz CT molecular complexity index is 891. The van der Waals surface area contributed by atoms with Crippen LogP contribution in [0, 0.1) is 0 Å². The van der Waals surface area contributed by atoms with Gasteiger partial charge in [-0.05, 0) is 36.2 Å². The molecule has 6 nitrogen and oxygen atoms in total. The van der Waals surface area contributed by atoms with Gasteiger partial charge in [0.2, 0.25) is 0 Å². The highest BCUT2D eigenvalue weighted by atomic mass is 35.5. The molecule has 0 aliphatic carbocycles. The number of hydrazine groups is 1. The molecule has 0 bridgehead atoms. The molecule has 1 aromatic heterocycles. The topological polar surface area (TPSA) is 73.0 Å². The van der Waals surface area contributed by atoms with Crippen molar-refractivity contribution in [2.24, 2.45) is 0 Å². The quantitative estimate of drug-likeness (QED) is 0.676. The molecule has 116 valence electrons. The number of amides is 2. The Labute approximate surface area is 137 Å². The summed E-state index contributed by atoms with van der Waals surface area (Å²) in [7, 11) is 0. The fourth-order valence-corrected chi connectivity index (χ4v) is 3.12. The Balaban J connectivity index is 1.52. The van der Waals surface area contributed by atoms with Gasteiger partial charge in [-0.15, -0.1) is 0 Å². The van der Waals surface area contributed by atoms with Gasteiger partial charge in [-0.1, -0.05) is 23.7 Å². The van der Waals surface area contributed by atoms with Gasteiger partial charge in [-0.25, -0.2) is 10.2 Å². The van der Waals surface area contributed by atoms with Crippen LogP contribution in [0.15, 0.2) is 42.6 Å². The van der Waals surface area contributed by atoms with Gasteiger partial charge in [-0.3, -0.25) is 10.1 Å². The van der Waals surface area contributed by atoms with E-state index in [2.05, 4.69) is 20.9 Å². The first-order valence-electron chi connectivity index (χ1n) is 7.27. The minimum Gasteiger partial charge on any atom is -0.306 e. The Morgan fingerprint density at radius 3 is 3.04 bits per heavy atom. The molecule has 2 amide bonds. The number of nitrogens with one attached hydrogen (secondary N) is 3. The number of carbonyl (C=O) groups excluding carboxylic acids is 1. The molecule has 0 fully saturated rings. The van der Waals surface area contributed by atoms with Crippen molar-refractivity contribution in [1.29, 1.82) is 0 Å². The summed E-state index contributed by atoms with van der Waals surface area (Å²) in [5.74, 6) is 0. The molecule has 1 aliphatic rings. The van der Waals surface area contributed by atoms with E-state index in [4.69, 9.17) is 11.6 Å². The summed E-state index contributed by atoms with van der Waals surface area (Å²) < 4.78 is 0. The minimum atomic E-state index is -0.300. The summed E-state index contributed by atoms with van der Waals surface area (Å²) in [5.41, 5.74) is 6.45. The van der Waals surface area contributed by atoms with Crippen molar-refractivity contribution in [3.05, 3.63) is 53.2 Å². The smallest absolute Gasteiger partial charge is 0.306 e. The minimum absolute atomic E-state index is 0.300. The number of rotatable bonds is 2. The first-order valence-corrected chi connectivity index (χ1v) is 7.65. The Morgan fingerprint density at radius 1 is 1.26 bits per heavy atom. The van der Waals surface area contributed by atoms with Crippen LogP contribution in [0.5, 0.6) is 0 Å².